The van der Waals surface area contributed by atoms with Crippen LogP contribution in [0.15, 0.2) is 65.5 Å². The van der Waals surface area contributed by atoms with Gasteiger partial charge in [0.2, 0.25) is 0 Å². The molecule has 7 nitrogen and oxygen atoms in total. The normalized spacial score (nSPS) is 16.0. The van der Waals surface area contributed by atoms with Crippen molar-refractivity contribution in [2.75, 3.05) is 33.3 Å². The van der Waals surface area contributed by atoms with E-state index in [1.807, 2.05) is 47.4 Å². The topological polar surface area (TPSA) is 64.0 Å². The van der Waals surface area contributed by atoms with Crippen molar-refractivity contribution in [2.45, 2.75) is 32.4 Å². The molecule has 0 unspecified atom stereocenters. The van der Waals surface area contributed by atoms with Crippen LogP contribution in [-0.2, 0) is 19.5 Å². The number of hydrogen-bond donors (Lipinski definition) is 0. The lowest BCUT2D eigenvalue weighted by atomic mass is 10.1. The molecular weight excluding hydrogens is 442 g/mol. The fourth-order valence-corrected chi connectivity index (χ4v) is 5.01. The highest BCUT2D eigenvalue weighted by Crippen LogP contribution is 2.27. The fraction of sp³-hybridized carbons (Fsp3) is 0.357. The zero-order valence-corrected chi connectivity index (χ0v) is 20.1. The quantitative estimate of drug-likeness (QED) is 0.543. The van der Waals surface area contributed by atoms with Gasteiger partial charge in [-0.2, -0.15) is 0 Å². The van der Waals surface area contributed by atoms with Crippen LogP contribution in [0.3, 0.4) is 0 Å². The Bertz CT molecular complexity index is 1250. The lowest BCUT2D eigenvalue weighted by molar-refractivity contribution is 0.0787. The molecular formula is C28H31N3O4. The third kappa shape index (κ3) is 5.10. The number of ether oxygens (including phenoxy) is 2. The van der Waals surface area contributed by atoms with Gasteiger partial charge in [-0.1, -0.05) is 30.3 Å². The molecule has 2 aliphatic heterocycles. The summed E-state index contributed by atoms with van der Waals surface area (Å²) in [7, 11) is 1.53. The predicted molar refractivity (Wildman–Crippen MR) is 134 cm³/mol. The molecule has 1 amide bonds. The lowest BCUT2D eigenvalue weighted by Gasteiger charge is -2.21. The first-order valence-electron chi connectivity index (χ1n) is 12.3. The van der Waals surface area contributed by atoms with E-state index in [1.165, 1.54) is 13.2 Å². The number of rotatable bonds is 6. The molecule has 2 aliphatic rings. The monoisotopic (exact) mass is 473 g/mol. The number of para-hydroxylation sites is 1. The van der Waals surface area contributed by atoms with E-state index in [2.05, 4.69) is 17.0 Å². The van der Waals surface area contributed by atoms with E-state index >= 15 is 0 Å². The molecule has 0 saturated carbocycles. The number of hydrogen-bond acceptors (Lipinski definition) is 5. The minimum atomic E-state index is -0.116. The number of aromatic nitrogens is 1. The Labute approximate surface area is 205 Å². The van der Waals surface area contributed by atoms with Crippen LogP contribution in [-0.4, -0.2) is 53.6 Å². The molecule has 2 aromatic carbocycles. The van der Waals surface area contributed by atoms with Gasteiger partial charge in [-0.05, 0) is 42.7 Å². The second-order valence-corrected chi connectivity index (χ2v) is 9.11. The highest BCUT2D eigenvalue weighted by molar-refractivity contribution is 5.98. The van der Waals surface area contributed by atoms with Gasteiger partial charge in [0.05, 0.1) is 7.11 Å². The van der Waals surface area contributed by atoms with Crippen molar-refractivity contribution in [1.82, 2.24) is 14.4 Å². The lowest BCUT2D eigenvalue weighted by Crippen LogP contribution is -2.33. The van der Waals surface area contributed by atoms with Crippen molar-refractivity contribution in [3.8, 4) is 17.2 Å². The van der Waals surface area contributed by atoms with E-state index in [-0.39, 0.29) is 11.5 Å². The number of likely N-dealkylation sites (tertiary alicyclic amines) is 1. The number of carbonyl (C=O) groups is 1. The Hall–Kier alpha value is -3.58. The van der Waals surface area contributed by atoms with Gasteiger partial charge in [0.15, 0.2) is 0 Å². The molecule has 35 heavy (non-hydrogen) atoms. The Morgan fingerprint density at radius 3 is 2.43 bits per heavy atom. The molecule has 3 aromatic rings. The Balaban J connectivity index is 1.35. The van der Waals surface area contributed by atoms with Gasteiger partial charge >= 0.3 is 0 Å². The van der Waals surface area contributed by atoms with Crippen LogP contribution in [0, 0.1) is 0 Å². The molecule has 0 radical (unpaired) electrons. The molecule has 0 bridgehead atoms. The molecule has 1 saturated heterocycles. The molecule has 0 N–H and O–H groups in total. The van der Waals surface area contributed by atoms with Gasteiger partial charge in [-0.25, -0.2) is 0 Å². The van der Waals surface area contributed by atoms with Crippen LogP contribution in [0.25, 0.3) is 0 Å². The number of benzene rings is 2. The Morgan fingerprint density at radius 2 is 1.66 bits per heavy atom. The molecule has 0 atom stereocenters. The molecule has 0 spiro atoms. The SMILES string of the molecule is COc1cc(=O)n2c(c1C(=O)N1CCCC1)CCN(Cc1cccc(Oc3ccccc3)c1)CC2. The summed E-state index contributed by atoms with van der Waals surface area (Å²) in [6, 6.07) is 19.3. The Kier molecular flexibility index (Phi) is 6.86. The summed E-state index contributed by atoms with van der Waals surface area (Å²) in [4.78, 5) is 30.5. The van der Waals surface area contributed by atoms with Gasteiger partial charge in [-0.15, -0.1) is 0 Å². The van der Waals surface area contributed by atoms with Gasteiger partial charge in [0.1, 0.15) is 22.8 Å². The van der Waals surface area contributed by atoms with Crippen LogP contribution >= 0.6 is 0 Å². The molecule has 5 rings (SSSR count). The average molecular weight is 474 g/mol. The fourth-order valence-electron chi connectivity index (χ4n) is 5.01. The standard InChI is InChI=1S/C28H31N3O4/c1-34-25-19-26(32)31-17-16-29(15-12-24(31)27(25)28(33)30-13-5-6-14-30)20-21-8-7-11-23(18-21)35-22-9-3-2-4-10-22/h2-4,7-11,18-19H,5-6,12-17,20H2,1H3. The summed E-state index contributed by atoms with van der Waals surface area (Å²) in [5.41, 5.74) is 2.36. The van der Waals surface area contributed by atoms with Crippen LogP contribution in [0.1, 0.15) is 34.5 Å². The zero-order chi connectivity index (χ0) is 24.2. The van der Waals surface area contributed by atoms with Crippen LogP contribution < -0.4 is 15.0 Å². The summed E-state index contributed by atoms with van der Waals surface area (Å²) in [6.45, 7) is 4.26. The number of carbonyl (C=O) groups excluding carboxylic acids is 1. The summed E-state index contributed by atoms with van der Waals surface area (Å²) >= 11 is 0. The van der Waals surface area contributed by atoms with Crippen LogP contribution in [0.4, 0.5) is 0 Å². The number of methoxy groups -OCH3 is 1. The van der Waals surface area contributed by atoms with E-state index in [1.54, 1.807) is 4.57 Å². The van der Waals surface area contributed by atoms with Gasteiger partial charge in [-0.3, -0.25) is 14.5 Å². The second kappa shape index (κ2) is 10.4. The molecule has 1 fully saturated rings. The third-order valence-electron chi connectivity index (χ3n) is 6.80. The number of pyridine rings is 1. The van der Waals surface area contributed by atoms with E-state index in [0.29, 0.717) is 24.3 Å². The van der Waals surface area contributed by atoms with Crippen molar-refractivity contribution in [3.05, 3.63) is 87.8 Å². The molecule has 3 heterocycles. The van der Waals surface area contributed by atoms with Crippen LogP contribution in [0.2, 0.25) is 0 Å². The van der Waals surface area contributed by atoms with E-state index in [0.717, 1.165) is 68.3 Å². The highest BCUT2D eigenvalue weighted by Gasteiger charge is 2.29. The van der Waals surface area contributed by atoms with E-state index in [4.69, 9.17) is 9.47 Å². The molecule has 0 aliphatic carbocycles. The highest BCUT2D eigenvalue weighted by atomic mass is 16.5. The smallest absolute Gasteiger partial charge is 0.259 e. The summed E-state index contributed by atoms with van der Waals surface area (Å²) in [5.74, 6) is 1.96. The minimum Gasteiger partial charge on any atom is -0.496 e. The number of fused-ring (bicyclic) bond motifs is 1. The number of amides is 1. The van der Waals surface area contributed by atoms with Crippen molar-refractivity contribution in [1.29, 1.82) is 0 Å². The predicted octanol–water partition coefficient (Wildman–Crippen LogP) is 3.94. The van der Waals surface area contributed by atoms with Crippen molar-refractivity contribution < 1.29 is 14.3 Å². The van der Waals surface area contributed by atoms with Crippen molar-refractivity contribution >= 4 is 5.91 Å². The van der Waals surface area contributed by atoms with Crippen LogP contribution in [0.5, 0.6) is 17.2 Å². The molecule has 1 aromatic heterocycles. The largest absolute Gasteiger partial charge is 0.496 e. The van der Waals surface area contributed by atoms with Crippen molar-refractivity contribution in [2.24, 2.45) is 0 Å². The van der Waals surface area contributed by atoms with Gasteiger partial charge < -0.3 is 18.9 Å². The maximum Gasteiger partial charge on any atom is 0.259 e. The third-order valence-corrected chi connectivity index (χ3v) is 6.80. The maximum atomic E-state index is 13.4. The average Bonchev–Trinajstić information content (AvgIpc) is 3.33. The molecule has 182 valence electrons. The van der Waals surface area contributed by atoms with Gasteiger partial charge in [0.25, 0.3) is 11.5 Å². The second-order valence-electron chi connectivity index (χ2n) is 9.11. The summed E-state index contributed by atoms with van der Waals surface area (Å²) in [6.07, 6.45) is 2.65. The van der Waals surface area contributed by atoms with Crippen molar-refractivity contribution in [3.63, 3.8) is 0 Å². The Morgan fingerprint density at radius 1 is 0.886 bits per heavy atom. The first-order chi connectivity index (χ1) is 17.1. The first-order valence-corrected chi connectivity index (χ1v) is 12.3. The number of nitrogens with zero attached hydrogens (tertiary/aromatic N) is 3. The first kappa shape index (κ1) is 23.2. The van der Waals surface area contributed by atoms with E-state index in [9.17, 15) is 9.59 Å². The van der Waals surface area contributed by atoms with E-state index < -0.39 is 0 Å². The minimum absolute atomic E-state index is 0.0256. The molecule has 7 heteroatoms. The maximum absolute atomic E-state index is 13.4. The van der Waals surface area contributed by atoms with Gasteiger partial charge in [0, 0.05) is 57.4 Å². The summed E-state index contributed by atoms with van der Waals surface area (Å²) < 4.78 is 13.3. The summed E-state index contributed by atoms with van der Waals surface area (Å²) in [5, 5.41) is 0. The zero-order valence-electron chi connectivity index (χ0n) is 20.1.